The van der Waals surface area contributed by atoms with Crippen LogP contribution < -0.4 is 10.6 Å². The zero-order valence-electron chi connectivity index (χ0n) is 18.0. The quantitative estimate of drug-likeness (QED) is 0.147. The fraction of sp³-hybridized carbons (Fsp3) is 0.542. The maximum atomic E-state index is 12.7. The molecular weight excluding hydrogens is 503 g/mol. The summed E-state index contributed by atoms with van der Waals surface area (Å²) < 4.78 is 0. The number of hydrogen-bond acceptors (Lipinski definition) is 3. The molecule has 2 N–H and O–H groups in total. The van der Waals surface area contributed by atoms with Gasteiger partial charge in [-0.05, 0) is 60.6 Å². The summed E-state index contributed by atoms with van der Waals surface area (Å²) in [4.78, 5) is 31.2. The maximum absolute atomic E-state index is 12.7. The largest absolute Gasteiger partial charge is 0.356 e. The predicted octanol–water partition coefficient (Wildman–Crippen LogP) is 2.66. The third kappa shape index (κ3) is 4.13. The Balaban J connectivity index is 0.00000231. The number of carbonyl (C=O) groups is 2. The zero-order chi connectivity index (χ0) is 20.7. The van der Waals surface area contributed by atoms with Crippen LogP contribution in [-0.4, -0.2) is 42.8 Å². The van der Waals surface area contributed by atoms with Crippen LogP contribution in [0.5, 0.6) is 0 Å². The molecule has 2 amide bonds. The van der Waals surface area contributed by atoms with Crippen molar-refractivity contribution in [2.75, 3.05) is 20.1 Å². The first kappa shape index (κ1) is 22.3. The molecule has 1 aliphatic heterocycles. The highest BCUT2D eigenvalue weighted by atomic mass is 127. The summed E-state index contributed by atoms with van der Waals surface area (Å²) in [5.41, 5.74) is 4.23. The Morgan fingerprint density at radius 3 is 2.48 bits per heavy atom. The molecule has 0 spiro atoms. The van der Waals surface area contributed by atoms with Crippen LogP contribution in [0.4, 0.5) is 0 Å². The number of hydrogen-bond donors (Lipinski definition) is 2. The number of allylic oxidation sites excluding steroid dienone is 2. The normalized spacial score (nSPS) is 28.0. The van der Waals surface area contributed by atoms with E-state index < -0.39 is 0 Å². The number of benzene rings is 1. The van der Waals surface area contributed by atoms with Crippen molar-refractivity contribution >= 4 is 41.8 Å². The van der Waals surface area contributed by atoms with Crippen LogP contribution in [0.1, 0.15) is 36.0 Å². The number of fused-ring (bicyclic) bond motifs is 6. The maximum Gasteiger partial charge on any atom is 0.233 e. The molecule has 1 aromatic carbocycles. The van der Waals surface area contributed by atoms with Gasteiger partial charge in [0.2, 0.25) is 11.8 Å². The Morgan fingerprint density at radius 1 is 1.06 bits per heavy atom. The predicted molar refractivity (Wildman–Crippen MR) is 131 cm³/mol. The first-order valence-electron chi connectivity index (χ1n) is 11.2. The summed E-state index contributed by atoms with van der Waals surface area (Å²) in [5, 5.41) is 6.66. The number of amides is 2. The molecule has 31 heavy (non-hydrogen) atoms. The lowest BCUT2D eigenvalue weighted by atomic mass is 9.85. The number of halogens is 1. The van der Waals surface area contributed by atoms with E-state index in [1.54, 1.807) is 7.05 Å². The second-order valence-electron chi connectivity index (χ2n) is 8.99. The minimum absolute atomic E-state index is 0. The number of nitrogens with one attached hydrogen (secondary N) is 2. The van der Waals surface area contributed by atoms with E-state index in [0.717, 1.165) is 25.3 Å². The molecule has 2 bridgehead atoms. The Labute approximate surface area is 201 Å². The van der Waals surface area contributed by atoms with E-state index in [9.17, 15) is 9.59 Å². The molecule has 2 fully saturated rings. The first-order valence-corrected chi connectivity index (χ1v) is 11.2. The van der Waals surface area contributed by atoms with Gasteiger partial charge in [-0.1, -0.05) is 30.4 Å². The molecule has 1 aromatic rings. The molecule has 4 aliphatic rings. The Bertz CT molecular complexity index is 898. The Hall–Kier alpha value is -1.90. The van der Waals surface area contributed by atoms with Crippen LogP contribution in [0, 0.1) is 23.7 Å². The monoisotopic (exact) mass is 534 g/mol. The second kappa shape index (κ2) is 9.30. The number of guanidine groups is 1. The molecule has 166 valence electrons. The summed E-state index contributed by atoms with van der Waals surface area (Å²) in [6.45, 7) is 1.88. The summed E-state index contributed by atoms with van der Waals surface area (Å²) in [6.07, 6.45) is 9.62. The number of carbonyl (C=O) groups excluding carboxylic acids is 2. The van der Waals surface area contributed by atoms with Crippen LogP contribution in [-0.2, 0) is 29.0 Å². The summed E-state index contributed by atoms with van der Waals surface area (Å²) in [5.74, 6) is 1.20. The molecule has 3 aliphatic carbocycles. The lowest BCUT2D eigenvalue weighted by Crippen LogP contribution is -2.39. The van der Waals surface area contributed by atoms with E-state index in [-0.39, 0.29) is 59.5 Å². The van der Waals surface area contributed by atoms with Gasteiger partial charge in [0, 0.05) is 26.7 Å². The molecule has 5 rings (SSSR count). The average molecular weight is 534 g/mol. The van der Waals surface area contributed by atoms with Crippen molar-refractivity contribution in [3.63, 3.8) is 0 Å². The van der Waals surface area contributed by atoms with Crippen molar-refractivity contribution in [1.29, 1.82) is 0 Å². The number of likely N-dealkylation sites (tertiary alicyclic amines) is 1. The van der Waals surface area contributed by atoms with Crippen molar-refractivity contribution in [2.45, 2.75) is 38.6 Å². The molecule has 0 aromatic heterocycles. The summed E-state index contributed by atoms with van der Waals surface area (Å²) in [7, 11) is 1.76. The first-order chi connectivity index (χ1) is 14.7. The molecule has 0 radical (unpaired) electrons. The van der Waals surface area contributed by atoms with Gasteiger partial charge in [0.15, 0.2) is 5.96 Å². The summed E-state index contributed by atoms with van der Waals surface area (Å²) >= 11 is 0. The highest BCUT2D eigenvalue weighted by Gasteiger charge is 2.58. The van der Waals surface area contributed by atoms with Crippen LogP contribution >= 0.6 is 24.0 Å². The minimum atomic E-state index is -0.0952. The number of aliphatic imine (C=N–C) groups is 1. The van der Waals surface area contributed by atoms with Gasteiger partial charge in [0.05, 0.1) is 11.8 Å². The second-order valence-corrected chi connectivity index (χ2v) is 8.99. The van der Waals surface area contributed by atoms with Crippen LogP contribution in [0.15, 0.2) is 35.3 Å². The van der Waals surface area contributed by atoms with Crippen molar-refractivity contribution in [3.8, 4) is 0 Å². The fourth-order valence-electron chi connectivity index (χ4n) is 5.77. The molecule has 4 unspecified atom stereocenters. The summed E-state index contributed by atoms with van der Waals surface area (Å²) in [6, 6.07) is 6.73. The van der Waals surface area contributed by atoms with E-state index >= 15 is 0 Å². The topological polar surface area (TPSA) is 73.8 Å². The van der Waals surface area contributed by atoms with E-state index in [2.05, 4.69) is 46.0 Å². The standard InChI is InChI=1S/C24H30N4O2.HI/c1-25-24(27-14-15-6-7-16-4-2-5-17(16)12-15)26-10-3-11-28-22(29)20-18-8-9-19(13-18)21(20)23(28)30;/h6-9,12,18-21H,2-5,10-11,13-14H2,1H3,(H2,25,26,27);1H. The molecule has 6 nitrogen and oxygen atoms in total. The number of rotatable bonds is 6. The minimum Gasteiger partial charge on any atom is -0.356 e. The molecule has 7 heteroatoms. The Morgan fingerprint density at radius 2 is 1.77 bits per heavy atom. The van der Waals surface area contributed by atoms with Crippen molar-refractivity contribution in [2.24, 2.45) is 28.7 Å². The van der Waals surface area contributed by atoms with Gasteiger partial charge in [-0.15, -0.1) is 24.0 Å². The van der Waals surface area contributed by atoms with E-state index in [1.165, 1.54) is 40.9 Å². The van der Waals surface area contributed by atoms with Crippen LogP contribution in [0.25, 0.3) is 0 Å². The number of imide groups is 1. The average Bonchev–Trinajstić information content (AvgIpc) is 3.53. The lowest BCUT2D eigenvalue weighted by molar-refractivity contribution is -0.140. The number of nitrogens with zero attached hydrogens (tertiary/aromatic N) is 2. The van der Waals surface area contributed by atoms with E-state index in [1.807, 2.05) is 0 Å². The van der Waals surface area contributed by atoms with Gasteiger partial charge < -0.3 is 10.6 Å². The van der Waals surface area contributed by atoms with Gasteiger partial charge in [-0.25, -0.2) is 0 Å². The van der Waals surface area contributed by atoms with E-state index in [0.29, 0.717) is 13.1 Å². The Kier molecular flexibility index (Phi) is 6.69. The molecule has 1 saturated heterocycles. The van der Waals surface area contributed by atoms with Gasteiger partial charge in [0.25, 0.3) is 0 Å². The highest BCUT2D eigenvalue weighted by molar-refractivity contribution is 14.0. The third-order valence-electron chi connectivity index (χ3n) is 7.26. The molecule has 1 heterocycles. The van der Waals surface area contributed by atoms with Gasteiger partial charge in [-0.2, -0.15) is 0 Å². The van der Waals surface area contributed by atoms with E-state index in [4.69, 9.17) is 0 Å². The molecular formula is C24H31IN4O2. The lowest BCUT2D eigenvalue weighted by Gasteiger charge is -2.18. The molecule has 1 saturated carbocycles. The SMILES string of the molecule is CN=C(NCCCN1C(=O)C2C3C=CC(C3)C2C1=O)NCc1ccc2c(c1)CCC2.I. The number of aryl methyl sites for hydroxylation is 2. The smallest absolute Gasteiger partial charge is 0.233 e. The van der Waals surface area contributed by atoms with Gasteiger partial charge in [-0.3, -0.25) is 19.5 Å². The fourth-order valence-corrected chi connectivity index (χ4v) is 5.77. The van der Waals surface area contributed by atoms with Crippen LogP contribution in [0.3, 0.4) is 0 Å². The van der Waals surface area contributed by atoms with Crippen molar-refractivity contribution in [3.05, 3.63) is 47.0 Å². The van der Waals surface area contributed by atoms with Crippen LogP contribution in [0.2, 0.25) is 0 Å². The highest BCUT2D eigenvalue weighted by Crippen LogP contribution is 2.52. The van der Waals surface area contributed by atoms with Gasteiger partial charge >= 0.3 is 0 Å². The molecule has 4 atom stereocenters. The third-order valence-corrected chi connectivity index (χ3v) is 7.26. The van der Waals surface area contributed by atoms with Gasteiger partial charge in [0.1, 0.15) is 0 Å². The zero-order valence-corrected chi connectivity index (χ0v) is 20.3. The van der Waals surface area contributed by atoms with Crippen molar-refractivity contribution in [1.82, 2.24) is 15.5 Å². The van der Waals surface area contributed by atoms with Crippen molar-refractivity contribution < 1.29 is 9.59 Å².